The topological polar surface area (TPSA) is 34.9 Å². The van der Waals surface area contributed by atoms with Gasteiger partial charge in [-0.1, -0.05) is 25.7 Å². The molecule has 3 heteroatoms. The highest BCUT2D eigenvalue weighted by atomic mass is 16.1. The van der Waals surface area contributed by atoms with Gasteiger partial charge in [0.15, 0.2) is 0 Å². The molecule has 1 atom stereocenters. The van der Waals surface area contributed by atoms with Crippen LogP contribution in [0.15, 0.2) is 12.3 Å². The summed E-state index contributed by atoms with van der Waals surface area (Å²) in [4.78, 5) is 11.9. The van der Waals surface area contributed by atoms with Crippen molar-refractivity contribution in [3.05, 3.63) is 18.0 Å². The summed E-state index contributed by atoms with van der Waals surface area (Å²) < 4.78 is 2.15. The molecule has 0 N–H and O–H groups in total. The Morgan fingerprint density at radius 3 is 2.68 bits per heavy atom. The fraction of sp³-hybridized carbons (Fsp3) is 0.750. The molecule has 104 valence electrons. The van der Waals surface area contributed by atoms with Gasteiger partial charge < -0.3 is 0 Å². The van der Waals surface area contributed by atoms with E-state index in [1.165, 1.54) is 38.5 Å². The lowest BCUT2D eigenvalue weighted by molar-refractivity contribution is -0.124. The third-order valence-electron chi connectivity index (χ3n) is 4.75. The fourth-order valence-electron chi connectivity index (χ4n) is 3.56. The van der Waals surface area contributed by atoms with Crippen molar-refractivity contribution >= 4 is 5.78 Å². The molecular weight excluding hydrogens is 236 g/mol. The van der Waals surface area contributed by atoms with Crippen molar-refractivity contribution in [2.75, 3.05) is 0 Å². The van der Waals surface area contributed by atoms with Crippen LogP contribution >= 0.6 is 0 Å². The van der Waals surface area contributed by atoms with E-state index in [9.17, 15) is 4.79 Å². The molecule has 2 fully saturated rings. The molecule has 0 aromatic carbocycles. The van der Waals surface area contributed by atoms with E-state index in [1.54, 1.807) is 0 Å². The molecule has 0 radical (unpaired) electrons. The number of hydrogen-bond acceptors (Lipinski definition) is 2. The van der Waals surface area contributed by atoms with Crippen LogP contribution in [0.1, 0.15) is 69.5 Å². The van der Waals surface area contributed by atoms with Crippen LogP contribution in [0, 0.1) is 5.92 Å². The Morgan fingerprint density at radius 1 is 1.11 bits per heavy atom. The van der Waals surface area contributed by atoms with Crippen molar-refractivity contribution in [1.29, 1.82) is 0 Å². The molecular formula is C16H24N2O. The summed E-state index contributed by atoms with van der Waals surface area (Å²) in [7, 11) is 0. The number of nitrogens with zero attached hydrogens (tertiary/aromatic N) is 2. The molecule has 2 saturated carbocycles. The largest absolute Gasteiger partial charge is 0.299 e. The van der Waals surface area contributed by atoms with Gasteiger partial charge in [0, 0.05) is 25.0 Å². The molecule has 19 heavy (non-hydrogen) atoms. The average molecular weight is 260 g/mol. The number of carbonyl (C=O) groups is 1. The first-order chi connectivity index (χ1) is 9.33. The molecule has 0 amide bonds. The minimum atomic E-state index is 0.239. The lowest BCUT2D eigenvalue weighted by atomic mass is 9.85. The molecule has 1 unspecified atom stereocenters. The van der Waals surface area contributed by atoms with Gasteiger partial charge in [-0.3, -0.25) is 9.48 Å². The second-order valence-corrected chi connectivity index (χ2v) is 6.19. The first-order valence-corrected chi connectivity index (χ1v) is 7.89. The zero-order chi connectivity index (χ0) is 13.1. The van der Waals surface area contributed by atoms with Crippen molar-refractivity contribution in [1.82, 2.24) is 9.78 Å². The van der Waals surface area contributed by atoms with Crippen molar-refractivity contribution in [2.45, 2.75) is 70.3 Å². The van der Waals surface area contributed by atoms with Gasteiger partial charge in [-0.2, -0.15) is 5.10 Å². The number of Topliss-reactive ketones (excluding diaryl/α,β-unsaturated/α-hetero) is 1. The van der Waals surface area contributed by atoms with Crippen molar-refractivity contribution < 1.29 is 4.79 Å². The quantitative estimate of drug-likeness (QED) is 0.830. The Balaban J connectivity index is 1.62. The highest BCUT2D eigenvalue weighted by Gasteiger charge is 2.23. The highest BCUT2D eigenvalue weighted by Crippen LogP contribution is 2.28. The molecule has 0 aliphatic heterocycles. The third-order valence-corrected chi connectivity index (χ3v) is 4.75. The van der Waals surface area contributed by atoms with Gasteiger partial charge in [-0.15, -0.1) is 0 Å². The van der Waals surface area contributed by atoms with E-state index in [-0.39, 0.29) is 5.92 Å². The SMILES string of the molecule is O=C1CCCCC1Cc1ccn(C2CCCCC2)n1. The minimum absolute atomic E-state index is 0.239. The van der Waals surface area contributed by atoms with E-state index in [4.69, 9.17) is 5.10 Å². The van der Waals surface area contributed by atoms with Gasteiger partial charge in [0.05, 0.1) is 11.7 Å². The maximum atomic E-state index is 11.9. The molecule has 3 nitrogen and oxygen atoms in total. The first kappa shape index (κ1) is 12.9. The molecule has 2 aliphatic rings. The average Bonchev–Trinajstić information content (AvgIpc) is 2.91. The Bertz CT molecular complexity index is 432. The Labute approximate surface area is 115 Å². The van der Waals surface area contributed by atoms with Gasteiger partial charge in [0.2, 0.25) is 0 Å². The van der Waals surface area contributed by atoms with Crippen molar-refractivity contribution in [3.63, 3.8) is 0 Å². The standard InChI is InChI=1S/C16H24N2O/c19-16-9-5-4-6-13(16)12-14-10-11-18(17-14)15-7-2-1-3-8-15/h10-11,13,15H,1-9,12H2. The van der Waals surface area contributed by atoms with Crippen molar-refractivity contribution in [2.24, 2.45) is 5.92 Å². The van der Waals surface area contributed by atoms with Gasteiger partial charge in [0.25, 0.3) is 0 Å². The highest BCUT2D eigenvalue weighted by molar-refractivity contribution is 5.81. The summed E-state index contributed by atoms with van der Waals surface area (Å²) in [5.41, 5.74) is 1.12. The molecule has 1 aromatic rings. The Kier molecular flexibility index (Phi) is 4.00. The summed E-state index contributed by atoms with van der Waals surface area (Å²) in [6.07, 6.45) is 13.7. The Hall–Kier alpha value is -1.12. The predicted molar refractivity (Wildman–Crippen MR) is 75.0 cm³/mol. The smallest absolute Gasteiger partial charge is 0.136 e. The first-order valence-electron chi connectivity index (χ1n) is 7.89. The molecule has 1 heterocycles. The monoisotopic (exact) mass is 260 g/mol. The number of aromatic nitrogens is 2. The van der Waals surface area contributed by atoms with Crippen molar-refractivity contribution in [3.8, 4) is 0 Å². The lowest BCUT2D eigenvalue weighted by Gasteiger charge is -2.22. The van der Waals surface area contributed by atoms with E-state index < -0.39 is 0 Å². The normalized spacial score (nSPS) is 25.7. The molecule has 1 aromatic heterocycles. The van der Waals surface area contributed by atoms with E-state index >= 15 is 0 Å². The van der Waals surface area contributed by atoms with E-state index in [2.05, 4.69) is 16.9 Å². The Morgan fingerprint density at radius 2 is 1.89 bits per heavy atom. The summed E-state index contributed by atoms with van der Waals surface area (Å²) in [5, 5.41) is 4.73. The van der Waals surface area contributed by atoms with E-state index in [0.29, 0.717) is 11.8 Å². The predicted octanol–water partition coefficient (Wildman–Crippen LogP) is 3.69. The molecule has 0 spiro atoms. The van der Waals surface area contributed by atoms with Crippen LogP contribution in [0.4, 0.5) is 0 Å². The summed E-state index contributed by atoms with van der Waals surface area (Å²) in [6, 6.07) is 2.72. The van der Waals surface area contributed by atoms with E-state index in [0.717, 1.165) is 31.4 Å². The zero-order valence-electron chi connectivity index (χ0n) is 11.7. The fourth-order valence-corrected chi connectivity index (χ4v) is 3.56. The zero-order valence-corrected chi connectivity index (χ0v) is 11.7. The van der Waals surface area contributed by atoms with Crippen LogP contribution in [0.25, 0.3) is 0 Å². The van der Waals surface area contributed by atoms with Gasteiger partial charge >= 0.3 is 0 Å². The van der Waals surface area contributed by atoms with Crippen LogP contribution in [-0.4, -0.2) is 15.6 Å². The molecule has 0 saturated heterocycles. The minimum Gasteiger partial charge on any atom is -0.299 e. The third kappa shape index (κ3) is 3.07. The number of hydrogen-bond donors (Lipinski definition) is 0. The second-order valence-electron chi connectivity index (χ2n) is 6.19. The van der Waals surface area contributed by atoms with Gasteiger partial charge in [-0.25, -0.2) is 0 Å². The summed E-state index contributed by atoms with van der Waals surface area (Å²) in [6.45, 7) is 0. The van der Waals surface area contributed by atoms with E-state index in [1.807, 2.05) is 0 Å². The number of rotatable bonds is 3. The lowest BCUT2D eigenvalue weighted by Crippen LogP contribution is -2.21. The maximum absolute atomic E-state index is 11.9. The summed E-state index contributed by atoms with van der Waals surface area (Å²) in [5.74, 6) is 0.696. The van der Waals surface area contributed by atoms with Crippen LogP contribution in [0.2, 0.25) is 0 Å². The maximum Gasteiger partial charge on any atom is 0.136 e. The van der Waals surface area contributed by atoms with Crippen LogP contribution < -0.4 is 0 Å². The second kappa shape index (κ2) is 5.89. The van der Waals surface area contributed by atoms with Crippen LogP contribution in [0.5, 0.6) is 0 Å². The summed E-state index contributed by atoms with van der Waals surface area (Å²) >= 11 is 0. The number of carbonyl (C=O) groups excluding carboxylic acids is 1. The van der Waals surface area contributed by atoms with Gasteiger partial charge in [0.1, 0.15) is 5.78 Å². The molecule has 2 aliphatic carbocycles. The molecule has 3 rings (SSSR count). The van der Waals surface area contributed by atoms with Crippen LogP contribution in [0.3, 0.4) is 0 Å². The number of ketones is 1. The van der Waals surface area contributed by atoms with Crippen LogP contribution in [-0.2, 0) is 11.2 Å². The molecule has 0 bridgehead atoms. The van der Waals surface area contributed by atoms with Gasteiger partial charge in [-0.05, 0) is 31.7 Å².